The normalized spacial score (nSPS) is 12.7. The van der Waals surface area contributed by atoms with E-state index in [1.54, 1.807) is 0 Å². The standard InChI is InChI=1S/C8H16ClF2NO2S/c1-2-3-6-15(13,14)12(5-4-9)7-8(10)11/h8H,2-7H2,1H3. The molecule has 0 amide bonds. The monoisotopic (exact) mass is 263 g/mol. The van der Waals surface area contributed by atoms with E-state index in [0.29, 0.717) is 12.8 Å². The molecule has 0 radical (unpaired) electrons. The summed E-state index contributed by atoms with van der Waals surface area (Å²) in [5.74, 6) is -0.0643. The molecule has 0 aliphatic rings. The summed E-state index contributed by atoms with van der Waals surface area (Å²) in [6.45, 7) is 1.02. The van der Waals surface area contributed by atoms with Gasteiger partial charge in [0, 0.05) is 12.4 Å². The first kappa shape index (κ1) is 15.1. The lowest BCUT2D eigenvalue weighted by atomic mass is 10.4. The highest BCUT2D eigenvalue weighted by atomic mass is 35.5. The van der Waals surface area contributed by atoms with E-state index in [1.165, 1.54) is 0 Å². The zero-order valence-electron chi connectivity index (χ0n) is 8.63. The van der Waals surface area contributed by atoms with Gasteiger partial charge >= 0.3 is 0 Å². The lowest BCUT2D eigenvalue weighted by molar-refractivity contribution is 0.121. The average molecular weight is 264 g/mol. The lowest BCUT2D eigenvalue weighted by Gasteiger charge is -2.20. The Bertz CT molecular complexity index is 259. The van der Waals surface area contributed by atoms with Crippen molar-refractivity contribution in [3.63, 3.8) is 0 Å². The quantitative estimate of drug-likeness (QED) is 0.628. The van der Waals surface area contributed by atoms with Gasteiger partial charge in [-0.1, -0.05) is 13.3 Å². The molecule has 0 aliphatic carbocycles. The molecule has 0 spiro atoms. The second kappa shape index (κ2) is 7.35. The maximum absolute atomic E-state index is 12.1. The van der Waals surface area contributed by atoms with Gasteiger partial charge in [-0.25, -0.2) is 17.2 Å². The van der Waals surface area contributed by atoms with Crippen LogP contribution in [0.4, 0.5) is 8.78 Å². The van der Waals surface area contributed by atoms with Crippen LogP contribution in [-0.2, 0) is 10.0 Å². The zero-order valence-corrected chi connectivity index (χ0v) is 10.2. The summed E-state index contributed by atoms with van der Waals surface area (Å²) in [7, 11) is -3.57. The van der Waals surface area contributed by atoms with E-state index in [4.69, 9.17) is 11.6 Å². The molecule has 0 aliphatic heterocycles. The van der Waals surface area contributed by atoms with Gasteiger partial charge in [-0.2, -0.15) is 4.31 Å². The van der Waals surface area contributed by atoms with Crippen LogP contribution in [0.25, 0.3) is 0 Å². The number of sulfonamides is 1. The Morgan fingerprint density at radius 3 is 2.40 bits per heavy atom. The predicted molar refractivity (Wildman–Crippen MR) is 57.0 cm³/mol. The largest absolute Gasteiger partial charge is 0.252 e. The van der Waals surface area contributed by atoms with Crippen molar-refractivity contribution in [1.29, 1.82) is 0 Å². The van der Waals surface area contributed by atoms with E-state index in [2.05, 4.69) is 0 Å². The van der Waals surface area contributed by atoms with Crippen LogP contribution in [0.15, 0.2) is 0 Å². The van der Waals surface area contributed by atoms with Crippen molar-refractivity contribution in [2.75, 3.05) is 24.7 Å². The highest BCUT2D eigenvalue weighted by Gasteiger charge is 2.23. The predicted octanol–water partition coefficient (Wildman–Crippen LogP) is 1.92. The molecular formula is C8H16ClF2NO2S. The van der Waals surface area contributed by atoms with Crippen LogP contribution in [0.3, 0.4) is 0 Å². The van der Waals surface area contributed by atoms with Crippen LogP contribution in [0.5, 0.6) is 0 Å². The van der Waals surface area contributed by atoms with Gasteiger partial charge in [-0.15, -0.1) is 11.6 Å². The molecule has 0 bridgehead atoms. The third kappa shape index (κ3) is 6.27. The number of unbranched alkanes of at least 4 members (excludes halogenated alkanes) is 1. The molecule has 3 nitrogen and oxygen atoms in total. The summed E-state index contributed by atoms with van der Waals surface area (Å²) in [6, 6.07) is 0. The second-order valence-electron chi connectivity index (χ2n) is 3.11. The van der Waals surface area contributed by atoms with E-state index in [9.17, 15) is 17.2 Å². The topological polar surface area (TPSA) is 37.4 Å². The third-order valence-electron chi connectivity index (χ3n) is 1.82. The fraction of sp³-hybridized carbons (Fsp3) is 1.00. The first-order valence-electron chi connectivity index (χ1n) is 4.76. The molecule has 0 heterocycles. The van der Waals surface area contributed by atoms with Crippen LogP contribution < -0.4 is 0 Å². The molecule has 7 heteroatoms. The maximum atomic E-state index is 12.1. The van der Waals surface area contributed by atoms with Gasteiger partial charge < -0.3 is 0 Å². The fourth-order valence-corrected chi connectivity index (χ4v) is 2.97. The molecule has 0 fully saturated rings. The number of nitrogens with zero attached hydrogens (tertiary/aromatic N) is 1. The Morgan fingerprint density at radius 2 is 2.00 bits per heavy atom. The van der Waals surface area contributed by atoms with Gasteiger partial charge in [-0.05, 0) is 6.42 Å². The molecule has 92 valence electrons. The first-order valence-corrected chi connectivity index (χ1v) is 6.90. The SMILES string of the molecule is CCCCS(=O)(=O)N(CCCl)CC(F)F. The van der Waals surface area contributed by atoms with Gasteiger partial charge in [0.1, 0.15) is 0 Å². The molecular weight excluding hydrogens is 248 g/mol. The summed E-state index contributed by atoms with van der Waals surface area (Å²) in [5, 5.41) is 0. The van der Waals surface area contributed by atoms with Crippen molar-refractivity contribution < 1.29 is 17.2 Å². The minimum atomic E-state index is -3.57. The third-order valence-corrected chi connectivity index (χ3v) is 3.92. The molecule has 0 N–H and O–H groups in total. The van der Waals surface area contributed by atoms with E-state index in [-0.39, 0.29) is 18.2 Å². The first-order chi connectivity index (χ1) is 6.94. The van der Waals surface area contributed by atoms with Crippen molar-refractivity contribution in [2.24, 2.45) is 0 Å². The van der Waals surface area contributed by atoms with Crippen LogP contribution >= 0.6 is 11.6 Å². The van der Waals surface area contributed by atoms with Crippen molar-refractivity contribution in [1.82, 2.24) is 4.31 Å². The molecule has 0 saturated carbocycles. The van der Waals surface area contributed by atoms with Gasteiger partial charge in [-0.3, -0.25) is 0 Å². The molecule has 0 aromatic carbocycles. The Morgan fingerprint density at radius 1 is 1.40 bits per heavy atom. The van der Waals surface area contributed by atoms with Gasteiger partial charge in [0.15, 0.2) is 0 Å². The van der Waals surface area contributed by atoms with Crippen molar-refractivity contribution >= 4 is 21.6 Å². The molecule has 0 aromatic rings. The van der Waals surface area contributed by atoms with E-state index < -0.39 is 23.0 Å². The minimum absolute atomic E-state index is 0.0259. The zero-order chi connectivity index (χ0) is 11.9. The molecule has 0 rings (SSSR count). The van der Waals surface area contributed by atoms with Crippen molar-refractivity contribution in [2.45, 2.75) is 26.2 Å². The van der Waals surface area contributed by atoms with E-state index in [1.807, 2.05) is 6.92 Å². The van der Waals surface area contributed by atoms with E-state index in [0.717, 1.165) is 4.31 Å². The molecule has 0 atom stereocenters. The maximum Gasteiger partial charge on any atom is 0.252 e. The average Bonchev–Trinajstić information content (AvgIpc) is 2.13. The smallest absolute Gasteiger partial charge is 0.212 e. The Hall–Kier alpha value is 0.0600. The number of alkyl halides is 3. The summed E-state index contributed by atoms with van der Waals surface area (Å²) < 4.78 is 48.1. The van der Waals surface area contributed by atoms with Crippen LogP contribution in [0.2, 0.25) is 0 Å². The lowest BCUT2D eigenvalue weighted by Crippen LogP contribution is -2.38. The molecule has 0 unspecified atom stereocenters. The molecule has 0 aromatic heterocycles. The highest BCUT2D eigenvalue weighted by molar-refractivity contribution is 7.89. The number of hydrogen-bond donors (Lipinski definition) is 0. The molecule has 15 heavy (non-hydrogen) atoms. The minimum Gasteiger partial charge on any atom is -0.212 e. The Balaban J connectivity index is 4.44. The summed E-state index contributed by atoms with van der Waals surface area (Å²) in [4.78, 5) is 0. The Labute approximate surface area is 94.4 Å². The number of rotatable bonds is 8. The van der Waals surface area contributed by atoms with Crippen LogP contribution in [-0.4, -0.2) is 43.9 Å². The number of halogens is 3. The van der Waals surface area contributed by atoms with E-state index >= 15 is 0 Å². The van der Waals surface area contributed by atoms with Crippen LogP contribution in [0, 0.1) is 0 Å². The number of hydrogen-bond acceptors (Lipinski definition) is 2. The van der Waals surface area contributed by atoms with Crippen molar-refractivity contribution in [3.8, 4) is 0 Å². The van der Waals surface area contributed by atoms with Gasteiger partial charge in [0.2, 0.25) is 10.0 Å². The summed E-state index contributed by atoms with van der Waals surface area (Å²) in [6.07, 6.45) is -1.47. The van der Waals surface area contributed by atoms with Crippen molar-refractivity contribution in [3.05, 3.63) is 0 Å². The second-order valence-corrected chi connectivity index (χ2v) is 5.57. The summed E-state index contributed by atoms with van der Waals surface area (Å²) >= 11 is 5.37. The Kier molecular flexibility index (Phi) is 7.38. The van der Waals surface area contributed by atoms with Gasteiger partial charge in [0.25, 0.3) is 6.43 Å². The summed E-state index contributed by atoms with van der Waals surface area (Å²) in [5.41, 5.74) is 0. The highest BCUT2D eigenvalue weighted by Crippen LogP contribution is 2.08. The van der Waals surface area contributed by atoms with Gasteiger partial charge in [0.05, 0.1) is 12.3 Å². The van der Waals surface area contributed by atoms with Crippen LogP contribution in [0.1, 0.15) is 19.8 Å². The fourth-order valence-electron chi connectivity index (χ4n) is 1.05. The molecule has 0 saturated heterocycles.